The summed E-state index contributed by atoms with van der Waals surface area (Å²) in [6.45, 7) is 4.82. The molecule has 0 aliphatic rings. The second-order valence-electron chi connectivity index (χ2n) is 4.72. The number of nitrogens with one attached hydrogen (secondary N) is 1. The molecule has 0 heterocycles. The zero-order valence-corrected chi connectivity index (χ0v) is 11.0. The minimum Gasteiger partial charge on any atom is -0.377 e. The van der Waals surface area contributed by atoms with Crippen molar-refractivity contribution in [1.82, 2.24) is 0 Å². The van der Waals surface area contributed by atoms with Crippen LogP contribution in [0, 0.1) is 13.8 Å². The van der Waals surface area contributed by atoms with E-state index in [1.807, 2.05) is 18.2 Å². The van der Waals surface area contributed by atoms with E-state index >= 15 is 0 Å². The van der Waals surface area contributed by atoms with Crippen molar-refractivity contribution in [3.63, 3.8) is 0 Å². The first kappa shape index (κ1) is 12.7. The minimum atomic E-state index is 0.158. The van der Waals surface area contributed by atoms with Gasteiger partial charge in [-0.25, -0.2) is 0 Å². The molecule has 0 radical (unpaired) electrons. The summed E-state index contributed by atoms with van der Waals surface area (Å²) in [5, 5.41) is 3.47. The van der Waals surface area contributed by atoms with Gasteiger partial charge in [0, 0.05) is 12.2 Å². The van der Waals surface area contributed by atoms with Crippen LogP contribution in [0.2, 0.25) is 0 Å². The third kappa shape index (κ3) is 3.11. The number of hydrogen-bond donors (Lipinski definition) is 2. The maximum absolute atomic E-state index is 5.89. The highest BCUT2D eigenvalue weighted by atomic mass is 14.9. The van der Waals surface area contributed by atoms with E-state index in [0.29, 0.717) is 6.54 Å². The summed E-state index contributed by atoms with van der Waals surface area (Å²) in [6.07, 6.45) is 0. The fourth-order valence-electron chi connectivity index (χ4n) is 2.22. The summed E-state index contributed by atoms with van der Waals surface area (Å²) in [4.78, 5) is 0. The summed E-state index contributed by atoms with van der Waals surface area (Å²) >= 11 is 0. The number of benzene rings is 2. The van der Waals surface area contributed by atoms with Crippen LogP contribution in [-0.4, -0.2) is 6.54 Å². The number of anilines is 1. The molecule has 0 spiro atoms. The molecule has 0 aromatic heterocycles. The molecule has 2 nitrogen and oxygen atoms in total. The third-order valence-corrected chi connectivity index (χ3v) is 3.00. The van der Waals surface area contributed by atoms with E-state index in [4.69, 9.17) is 5.73 Å². The molecule has 0 amide bonds. The van der Waals surface area contributed by atoms with Crippen LogP contribution < -0.4 is 11.1 Å². The summed E-state index contributed by atoms with van der Waals surface area (Å²) < 4.78 is 0. The van der Waals surface area contributed by atoms with Crippen molar-refractivity contribution in [2.24, 2.45) is 5.73 Å². The van der Waals surface area contributed by atoms with Gasteiger partial charge in [0.05, 0.1) is 6.04 Å². The molecule has 0 bridgehead atoms. The minimum absolute atomic E-state index is 0.158. The molecule has 0 saturated heterocycles. The lowest BCUT2D eigenvalue weighted by atomic mass is 10.0. The quantitative estimate of drug-likeness (QED) is 0.859. The van der Waals surface area contributed by atoms with Crippen molar-refractivity contribution < 1.29 is 0 Å². The van der Waals surface area contributed by atoms with E-state index in [0.717, 1.165) is 5.69 Å². The first-order chi connectivity index (χ1) is 8.69. The molecule has 2 rings (SSSR count). The van der Waals surface area contributed by atoms with E-state index in [1.165, 1.54) is 16.7 Å². The third-order valence-electron chi connectivity index (χ3n) is 3.00. The predicted molar refractivity (Wildman–Crippen MR) is 77.8 cm³/mol. The van der Waals surface area contributed by atoms with Crippen LogP contribution in [0.4, 0.5) is 5.69 Å². The second kappa shape index (κ2) is 5.69. The largest absolute Gasteiger partial charge is 0.377 e. The van der Waals surface area contributed by atoms with Gasteiger partial charge < -0.3 is 11.1 Å². The molecule has 0 fully saturated rings. The molecule has 18 heavy (non-hydrogen) atoms. The molecule has 1 unspecified atom stereocenters. The van der Waals surface area contributed by atoms with Crippen LogP contribution in [0.3, 0.4) is 0 Å². The van der Waals surface area contributed by atoms with Gasteiger partial charge in [0.1, 0.15) is 0 Å². The van der Waals surface area contributed by atoms with Crippen LogP contribution in [-0.2, 0) is 0 Å². The van der Waals surface area contributed by atoms with Gasteiger partial charge in [-0.05, 0) is 31.5 Å². The Balaban J connectivity index is 2.23. The molecule has 3 N–H and O–H groups in total. The molecule has 0 aliphatic carbocycles. The van der Waals surface area contributed by atoms with Crippen LogP contribution in [0.1, 0.15) is 22.7 Å². The topological polar surface area (TPSA) is 38.0 Å². The van der Waals surface area contributed by atoms with Gasteiger partial charge >= 0.3 is 0 Å². The van der Waals surface area contributed by atoms with Gasteiger partial charge in [-0.1, -0.05) is 47.5 Å². The normalized spacial score (nSPS) is 12.2. The lowest BCUT2D eigenvalue weighted by Gasteiger charge is -2.19. The Labute approximate surface area is 109 Å². The van der Waals surface area contributed by atoms with Crippen LogP contribution in [0.15, 0.2) is 48.5 Å². The van der Waals surface area contributed by atoms with Gasteiger partial charge in [-0.2, -0.15) is 0 Å². The van der Waals surface area contributed by atoms with E-state index in [2.05, 4.69) is 49.5 Å². The number of para-hydroxylation sites is 1. The number of nitrogens with two attached hydrogens (primary N) is 1. The fraction of sp³-hybridized carbons (Fsp3) is 0.250. The molecule has 0 aliphatic heterocycles. The van der Waals surface area contributed by atoms with Gasteiger partial charge in [0.15, 0.2) is 0 Å². The summed E-state index contributed by atoms with van der Waals surface area (Å²) in [5.41, 5.74) is 10.8. The highest BCUT2D eigenvalue weighted by Gasteiger charge is 2.10. The molecular weight excluding hydrogens is 220 g/mol. The molecular formula is C16H20N2. The Morgan fingerprint density at radius 2 is 1.61 bits per heavy atom. The van der Waals surface area contributed by atoms with Crippen LogP contribution in [0.5, 0.6) is 0 Å². The van der Waals surface area contributed by atoms with Crippen molar-refractivity contribution >= 4 is 5.69 Å². The number of aryl methyl sites for hydroxylation is 2. The zero-order valence-electron chi connectivity index (χ0n) is 11.0. The maximum Gasteiger partial charge on any atom is 0.0636 e. The van der Waals surface area contributed by atoms with Gasteiger partial charge in [0.2, 0.25) is 0 Å². The average Bonchev–Trinajstić information content (AvgIpc) is 2.36. The first-order valence-electron chi connectivity index (χ1n) is 6.29. The summed E-state index contributed by atoms with van der Waals surface area (Å²) in [6, 6.07) is 16.9. The molecule has 2 aromatic carbocycles. The summed E-state index contributed by atoms with van der Waals surface area (Å²) in [7, 11) is 0. The highest BCUT2D eigenvalue weighted by molar-refractivity contribution is 5.46. The van der Waals surface area contributed by atoms with Crippen molar-refractivity contribution in [1.29, 1.82) is 0 Å². The monoisotopic (exact) mass is 240 g/mol. The van der Waals surface area contributed by atoms with E-state index < -0.39 is 0 Å². The number of rotatable bonds is 4. The Bertz CT molecular complexity index is 486. The second-order valence-corrected chi connectivity index (χ2v) is 4.72. The molecule has 94 valence electrons. The molecule has 1 atom stereocenters. The number of hydrogen-bond acceptors (Lipinski definition) is 2. The maximum atomic E-state index is 5.89. The van der Waals surface area contributed by atoms with Crippen LogP contribution >= 0.6 is 0 Å². The fourth-order valence-corrected chi connectivity index (χ4v) is 2.22. The van der Waals surface area contributed by atoms with Crippen molar-refractivity contribution in [2.45, 2.75) is 19.9 Å². The van der Waals surface area contributed by atoms with Gasteiger partial charge in [0.25, 0.3) is 0 Å². The highest BCUT2D eigenvalue weighted by Crippen LogP contribution is 2.20. The van der Waals surface area contributed by atoms with Crippen LogP contribution in [0.25, 0.3) is 0 Å². The van der Waals surface area contributed by atoms with Gasteiger partial charge in [-0.15, -0.1) is 0 Å². The Hall–Kier alpha value is -1.80. The van der Waals surface area contributed by atoms with Gasteiger partial charge in [-0.3, -0.25) is 0 Å². The SMILES string of the molecule is Cc1cc(C)cc(C(CN)Nc2ccccc2)c1. The van der Waals surface area contributed by atoms with E-state index in [1.54, 1.807) is 0 Å². The molecule has 0 saturated carbocycles. The molecule has 2 heteroatoms. The lowest BCUT2D eigenvalue weighted by molar-refractivity contribution is 0.788. The molecule has 2 aromatic rings. The van der Waals surface area contributed by atoms with E-state index in [-0.39, 0.29) is 6.04 Å². The van der Waals surface area contributed by atoms with Crippen molar-refractivity contribution in [3.8, 4) is 0 Å². The van der Waals surface area contributed by atoms with Crippen molar-refractivity contribution in [2.75, 3.05) is 11.9 Å². The zero-order chi connectivity index (χ0) is 13.0. The first-order valence-corrected chi connectivity index (χ1v) is 6.29. The Kier molecular flexibility index (Phi) is 4.00. The summed E-state index contributed by atoms with van der Waals surface area (Å²) in [5.74, 6) is 0. The Morgan fingerprint density at radius 3 is 2.17 bits per heavy atom. The van der Waals surface area contributed by atoms with Crippen molar-refractivity contribution in [3.05, 3.63) is 65.2 Å². The smallest absolute Gasteiger partial charge is 0.0636 e. The average molecular weight is 240 g/mol. The lowest BCUT2D eigenvalue weighted by Crippen LogP contribution is -2.20. The Morgan fingerprint density at radius 1 is 1.00 bits per heavy atom. The van der Waals surface area contributed by atoms with E-state index in [9.17, 15) is 0 Å². The predicted octanol–water partition coefficient (Wildman–Crippen LogP) is 3.42. The standard InChI is InChI=1S/C16H20N2/c1-12-8-13(2)10-14(9-12)16(11-17)18-15-6-4-3-5-7-15/h3-10,16,18H,11,17H2,1-2H3.